The zero-order valence-corrected chi connectivity index (χ0v) is 11.2. The average Bonchev–Trinajstić information content (AvgIpc) is 3.00. The Morgan fingerprint density at radius 2 is 2.32 bits per heavy atom. The lowest BCUT2D eigenvalue weighted by Crippen LogP contribution is -2.30. The number of ether oxygens (including phenoxy) is 2. The van der Waals surface area contributed by atoms with Crippen molar-refractivity contribution in [3.05, 3.63) is 23.4 Å². The van der Waals surface area contributed by atoms with Gasteiger partial charge in [-0.15, -0.1) is 0 Å². The van der Waals surface area contributed by atoms with Crippen molar-refractivity contribution in [3.63, 3.8) is 0 Å². The van der Waals surface area contributed by atoms with E-state index in [0.29, 0.717) is 29.5 Å². The minimum Gasteiger partial charge on any atom is -0.465 e. The molecule has 2 fully saturated rings. The van der Waals surface area contributed by atoms with Crippen molar-refractivity contribution < 1.29 is 14.3 Å². The maximum Gasteiger partial charge on any atom is 0.339 e. The molecule has 3 heterocycles. The molecule has 2 bridgehead atoms. The van der Waals surface area contributed by atoms with E-state index in [-0.39, 0.29) is 5.97 Å². The van der Waals surface area contributed by atoms with E-state index in [4.69, 9.17) is 9.47 Å². The second-order valence-electron chi connectivity index (χ2n) is 5.18. The molecule has 0 spiro atoms. The van der Waals surface area contributed by atoms with Gasteiger partial charge in [0.25, 0.3) is 0 Å². The van der Waals surface area contributed by atoms with E-state index < -0.39 is 0 Å². The number of nitrogens with one attached hydrogen (secondary N) is 1. The number of rotatable bonds is 3. The van der Waals surface area contributed by atoms with E-state index in [9.17, 15) is 4.79 Å². The van der Waals surface area contributed by atoms with Crippen molar-refractivity contribution in [1.82, 2.24) is 4.98 Å². The van der Waals surface area contributed by atoms with E-state index in [1.165, 1.54) is 13.5 Å². The van der Waals surface area contributed by atoms with Crippen LogP contribution in [0, 0.1) is 6.92 Å². The van der Waals surface area contributed by atoms with Gasteiger partial charge in [-0.2, -0.15) is 0 Å². The molecule has 3 atom stereocenters. The number of esters is 1. The molecular weight excluding hydrogens is 244 g/mol. The van der Waals surface area contributed by atoms with Gasteiger partial charge in [-0.3, -0.25) is 0 Å². The maximum absolute atomic E-state index is 11.5. The number of nitrogens with zero attached hydrogens (tertiary/aromatic N) is 1. The molecule has 0 radical (unpaired) electrons. The summed E-state index contributed by atoms with van der Waals surface area (Å²) in [7, 11) is 1.38. The summed E-state index contributed by atoms with van der Waals surface area (Å²) in [6, 6.07) is 3.92. The van der Waals surface area contributed by atoms with E-state index in [0.717, 1.165) is 18.7 Å². The Labute approximate surface area is 112 Å². The van der Waals surface area contributed by atoms with Crippen molar-refractivity contribution >= 4 is 11.8 Å². The highest BCUT2D eigenvalue weighted by Crippen LogP contribution is 2.35. The van der Waals surface area contributed by atoms with Crippen LogP contribution in [0.4, 0.5) is 5.82 Å². The molecule has 0 aromatic carbocycles. The second kappa shape index (κ2) is 4.81. The number of anilines is 1. The number of aryl methyl sites for hydroxylation is 1. The summed E-state index contributed by atoms with van der Waals surface area (Å²) in [6.45, 7) is 1.81. The molecule has 2 saturated heterocycles. The van der Waals surface area contributed by atoms with Gasteiger partial charge in [0.1, 0.15) is 5.82 Å². The molecular formula is C14H18N2O3. The van der Waals surface area contributed by atoms with Gasteiger partial charge in [0.05, 0.1) is 36.6 Å². The quantitative estimate of drug-likeness (QED) is 0.843. The van der Waals surface area contributed by atoms with Gasteiger partial charge in [-0.1, -0.05) is 0 Å². The zero-order valence-electron chi connectivity index (χ0n) is 11.2. The Hall–Kier alpha value is -1.62. The Balaban J connectivity index is 1.72. The first-order valence-electron chi connectivity index (χ1n) is 6.65. The zero-order chi connectivity index (χ0) is 13.4. The highest BCUT2D eigenvalue weighted by molar-refractivity contribution is 5.90. The predicted molar refractivity (Wildman–Crippen MR) is 70.2 cm³/mol. The Morgan fingerprint density at radius 3 is 2.89 bits per heavy atom. The minimum absolute atomic E-state index is 0.312. The summed E-state index contributed by atoms with van der Waals surface area (Å²) in [4.78, 5) is 15.9. The lowest BCUT2D eigenvalue weighted by molar-refractivity contribution is 0.0599. The van der Waals surface area contributed by atoms with Crippen molar-refractivity contribution in [3.8, 4) is 0 Å². The van der Waals surface area contributed by atoms with E-state index in [1.54, 1.807) is 6.07 Å². The fourth-order valence-corrected chi connectivity index (χ4v) is 2.95. The maximum atomic E-state index is 11.5. The second-order valence-corrected chi connectivity index (χ2v) is 5.18. The summed E-state index contributed by atoms with van der Waals surface area (Å²) in [5.74, 6) is 0.450. The first-order valence-corrected chi connectivity index (χ1v) is 6.65. The lowest BCUT2D eigenvalue weighted by atomic mass is 9.95. The van der Waals surface area contributed by atoms with Crippen LogP contribution in [0.2, 0.25) is 0 Å². The lowest BCUT2D eigenvalue weighted by Gasteiger charge is -2.21. The predicted octanol–water partition coefficient (Wildman–Crippen LogP) is 1.91. The van der Waals surface area contributed by atoms with Gasteiger partial charge >= 0.3 is 5.97 Å². The third kappa shape index (κ3) is 2.30. The van der Waals surface area contributed by atoms with E-state index in [1.807, 2.05) is 13.0 Å². The van der Waals surface area contributed by atoms with Crippen LogP contribution in [0.3, 0.4) is 0 Å². The van der Waals surface area contributed by atoms with Gasteiger partial charge in [-0.25, -0.2) is 9.78 Å². The molecule has 5 nitrogen and oxygen atoms in total. The van der Waals surface area contributed by atoms with Crippen molar-refractivity contribution in [2.75, 3.05) is 12.4 Å². The molecule has 19 heavy (non-hydrogen) atoms. The molecule has 2 aliphatic heterocycles. The standard InChI is InChI=1S/C14H18N2O3/c1-8-10(14(17)18-2)4-6-13(15-8)16-11-7-9-3-5-12(11)19-9/h4,6,9,11-12H,3,5,7H2,1-2H3,(H,15,16). The van der Waals surface area contributed by atoms with Crippen LogP contribution in [0.15, 0.2) is 12.1 Å². The molecule has 3 rings (SSSR count). The van der Waals surface area contributed by atoms with Crippen LogP contribution in [0.25, 0.3) is 0 Å². The van der Waals surface area contributed by atoms with Gasteiger partial charge in [0.15, 0.2) is 0 Å². The molecule has 1 aromatic rings. The van der Waals surface area contributed by atoms with Crippen LogP contribution < -0.4 is 5.32 Å². The number of carbonyl (C=O) groups excluding carboxylic acids is 1. The summed E-state index contributed by atoms with van der Waals surface area (Å²) in [6.07, 6.45) is 4.08. The number of methoxy groups -OCH3 is 1. The highest BCUT2D eigenvalue weighted by atomic mass is 16.5. The molecule has 102 valence electrons. The average molecular weight is 262 g/mol. The number of fused-ring (bicyclic) bond motifs is 2. The van der Waals surface area contributed by atoms with Gasteiger partial charge in [0, 0.05) is 0 Å². The first kappa shape index (κ1) is 12.4. The van der Waals surface area contributed by atoms with Crippen molar-refractivity contribution in [2.24, 2.45) is 0 Å². The fourth-order valence-electron chi connectivity index (χ4n) is 2.95. The number of aromatic nitrogens is 1. The summed E-state index contributed by atoms with van der Waals surface area (Å²) >= 11 is 0. The minimum atomic E-state index is -0.347. The van der Waals surface area contributed by atoms with Crippen LogP contribution >= 0.6 is 0 Å². The number of pyridine rings is 1. The normalized spacial score (nSPS) is 28.4. The highest BCUT2D eigenvalue weighted by Gasteiger charge is 2.40. The van der Waals surface area contributed by atoms with Crippen LogP contribution in [-0.2, 0) is 9.47 Å². The van der Waals surface area contributed by atoms with Crippen LogP contribution in [0.1, 0.15) is 35.3 Å². The topological polar surface area (TPSA) is 60.5 Å². The smallest absolute Gasteiger partial charge is 0.339 e. The van der Waals surface area contributed by atoms with Gasteiger partial charge in [0.2, 0.25) is 0 Å². The summed E-state index contributed by atoms with van der Waals surface area (Å²) < 4.78 is 10.5. The summed E-state index contributed by atoms with van der Waals surface area (Å²) in [5, 5.41) is 3.41. The van der Waals surface area contributed by atoms with E-state index in [2.05, 4.69) is 10.3 Å². The Morgan fingerprint density at radius 1 is 1.47 bits per heavy atom. The molecule has 1 aromatic heterocycles. The monoisotopic (exact) mass is 262 g/mol. The number of hydrogen-bond acceptors (Lipinski definition) is 5. The third-order valence-electron chi connectivity index (χ3n) is 3.93. The SMILES string of the molecule is COC(=O)c1ccc(NC2CC3CCC2O3)nc1C. The first-order chi connectivity index (χ1) is 9.17. The largest absolute Gasteiger partial charge is 0.465 e. The Kier molecular flexibility index (Phi) is 3.14. The summed E-state index contributed by atoms with van der Waals surface area (Å²) in [5.41, 5.74) is 1.19. The third-order valence-corrected chi connectivity index (χ3v) is 3.93. The Bertz CT molecular complexity index is 503. The van der Waals surface area contributed by atoms with E-state index >= 15 is 0 Å². The van der Waals surface area contributed by atoms with Crippen LogP contribution in [0.5, 0.6) is 0 Å². The van der Waals surface area contributed by atoms with Gasteiger partial charge in [-0.05, 0) is 38.3 Å². The molecule has 3 unspecified atom stereocenters. The molecule has 2 aliphatic rings. The molecule has 0 amide bonds. The van der Waals surface area contributed by atoms with Gasteiger partial charge < -0.3 is 14.8 Å². The molecule has 5 heteroatoms. The number of carbonyl (C=O) groups is 1. The van der Waals surface area contributed by atoms with Crippen molar-refractivity contribution in [1.29, 1.82) is 0 Å². The molecule has 1 N–H and O–H groups in total. The molecule has 0 aliphatic carbocycles. The van der Waals surface area contributed by atoms with Crippen molar-refractivity contribution in [2.45, 2.75) is 44.4 Å². The fraction of sp³-hybridized carbons (Fsp3) is 0.571. The van der Waals surface area contributed by atoms with Crippen LogP contribution in [-0.4, -0.2) is 36.3 Å². The number of hydrogen-bond donors (Lipinski definition) is 1. The molecule has 0 saturated carbocycles.